The Balaban J connectivity index is 1.60. The molecule has 0 saturated heterocycles. The summed E-state index contributed by atoms with van der Waals surface area (Å²) in [6.07, 6.45) is -0.00615. The van der Waals surface area contributed by atoms with Gasteiger partial charge in [-0.2, -0.15) is 0 Å². The summed E-state index contributed by atoms with van der Waals surface area (Å²) in [5.74, 6) is -0.302. The van der Waals surface area contributed by atoms with E-state index in [1.54, 1.807) is 43.3 Å². The van der Waals surface area contributed by atoms with Crippen LogP contribution in [-0.4, -0.2) is 41.6 Å². The van der Waals surface area contributed by atoms with Crippen LogP contribution in [0.3, 0.4) is 0 Å². The molecule has 0 aliphatic carbocycles. The van der Waals surface area contributed by atoms with Crippen molar-refractivity contribution in [2.75, 3.05) is 17.1 Å². The van der Waals surface area contributed by atoms with Gasteiger partial charge in [-0.3, -0.25) is 9.10 Å². The molecule has 1 aliphatic heterocycles. The monoisotopic (exact) mass is 534 g/mol. The van der Waals surface area contributed by atoms with Crippen molar-refractivity contribution < 1.29 is 26.4 Å². The number of ether oxygens (including phenoxy) is 1. The number of carbonyl (C=O) groups excluding carboxylic acids is 1. The van der Waals surface area contributed by atoms with Gasteiger partial charge in [0.15, 0.2) is 15.9 Å². The second-order valence-electron chi connectivity index (χ2n) is 8.14. The van der Waals surface area contributed by atoms with Gasteiger partial charge in [-0.25, -0.2) is 16.8 Å². The molecule has 2 atom stereocenters. The average Bonchev–Trinajstić information content (AvgIpc) is 2.83. The molecule has 0 aromatic heterocycles. The third-order valence-electron chi connectivity index (χ3n) is 5.58. The zero-order chi connectivity index (χ0) is 25.4. The van der Waals surface area contributed by atoms with Crippen molar-refractivity contribution in [3.05, 3.63) is 83.4 Å². The number of rotatable bonds is 6. The molecule has 3 aromatic carbocycles. The first-order chi connectivity index (χ1) is 16.5. The quantitative estimate of drug-likeness (QED) is 0.517. The van der Waals surface area contributed by atoms with Crippen molar-refractivity contribution in [1.29, 1.82) is 0 Å². The maximum absolute atomic E-state index is 13.4. The molecule has 184 valence electrons. The molecule has 1 aliphatic rings. The van der Waals surface area contributed by atoms with E-state index in [-0.39, 0.29) is 27.8 Å². The Labute approximate surface area is 209 Å². The van der Waals surface area contributed by atoms with Crippen molar-refractivity contribution in [2.45, 2.75) is 28.9 Å². The number of hydrogen-bond acceptors (Lipinski definition) is 6. The van der Waals surface area contributed by atoms with E-state index in [0.29, 0.717) is 10.6 Å². The lowest BCUT2D eigenvalue weighted by Gasteiger charge is -2.35. The molecule has 1 heterocycles. The van der Waals surface area contributed by atoms with E-state index in [1.807, 2.05) is 0 Å². The normalized spacial score (nSPS) is 16.7. The minimum absolute atomic E-state index is 0.0753. The highest BCUT2D eigenvalue weighted by Gasteiger charge is 2.38. The molecule has 0 fully saturated rings. The van der Waals surface area contributed by atoms with Crippen LogP contribution in [0.2, 0.25) is 5.02 Å². The number of sulfone groups is 1. The molecule has 4 rings (SSSR count). The number of amides is 1. The van der Waals surface area contributed by atoms with Crippen molar-refractivity contribution >= 4 is 43.1 Å². The van der Waals surface area contributed by atoms with Crippen LogP contribution in [0.15, 0.2) is 82.6 Å². The van der Waals surface area contributed by atoms with E-state index >= 15 is 0 Å². The molecule has 0 spiro atoms. The van der Waals surface area contributed by atoms with Gasteiger partial charge < -0.3 is 10.1 Å². The highest BCUT2D eigenvalue weighted by molar-refractivity contribution is 7.92. The number of halogens is 1. The molecule has 0 radical (unpaired) electrons. The van der Waals surface area contributed by atoms with Crippen molar-refractivity contribution in [2.24, 2.45) is 0 Å². The highest BCUT2D eigenvalue weighted by atomic mass is 35.5. The van der Waals surface area contributed by atoms with Gasteiger partial charge in [-0.1, -0.05) is 41.9 Å². The lowest BCUT2D eigenvalue weighted by Crippen LogP contribution is -2.51. The number of sulfonamides is 1. The minimum atomic E-state index is -4.00. The van der Waals surface area contributed by atoms with Gasteiger partial charge in [-0.15, -0.1) is 0 Å². The van der Waals surface area contributed by atoms with Gasteiger partial charge in [0.25, 0.3) is 15.9 Å². The molecular formula is C24H23ClN2O6S2. The topological polar surface area (TPSA) is 110 Å². The van der Waals surface area contributed by atoms with Crippen LogP contribution in [0.4, 0.5) is 5.69 Å². The molecule has 3 aromatic rings. The zero-order valence-corrected chi connectivity index (χ0v) is 21.3. The molecule has 35 heavy (non-hydrogen) atoms. The largest absolute Gasteiger partial charge is 0.476 e. The van der Waals surface area contributed by atoms with Gasteiger partial charge in [0, 0.05) is 11.3 Å². The van der Waals surface area contributed by atoms with E-state index < -0.39 is 37.9 Å². The first kappa shape index (κ1) is 25.0. The highest BCUT2D eigenvalue weighted by Crippen LogP contribution is 2.39. The summed E-state index contributed by atoms with van der Waals surface area (Å²) in [5.41, 5.74) is 0.928. The van der Waals surface area contributed by atoms with E-state index in [0.717, 1.165) is 10.6 Å². The number of hydrogen-bond donors (Lipinski definition) is 1. The van der Waals surface area contributed by atoms with Crippen LogP contribution in [0.1, 0.15) is 18.5 Å². The van der Waals surface area contributed by atoms with Crippen LogP contribution in [0.5, 0.6) is 5.75 Å². The molecule has 0 bridgehead atoms. The van der Waals surface area contributed by atoms with Crippen LogP contribution in [-0.2, 0) is 24.7 Å². The van der Waals surface area contributed by atoms with Gasteiger partial charge >= 0.3 is 0 Å². The van der Waals surface area contributed by atoms with E-state index in [4.69, 9.17) is 16.3 Å². The number of anilines is 1. The Hall–Kier alpha value is -3.08. The molecule has 11 heteroatoms. The Kier molecular flexibility index (Phi) is 6.81. The Morgan fingerprint density at radius 3 is 2.29 bits per heavy atom. The van der Waals surface area contributed by atoms with Gasteiger partial charge in [0.05, 0.1) is 28.1 Å². The summed E-state index contributed by atoms with van der Waals surface area (Å²) in [6.45, 7) is 1.48. The smallest absolute Gasteiger partial charge is 0.264 e. The Bertz CT molecular complexity index is 1460. The molecule has 1 N–H and O–H groups in total. The number of carbonyl (C=O) groups is 1. The maximum Gasteiger partial charge on any atom is 0.264 e. The predicted octanol–water partition coefficient (Wildman–Crippen LogP) is 3.58. The molecule has 1 amide bonds. The number of nitrogens with zero attached hydrogens (tertiary/aromatic N) is 1. The van der Waals surface area contributed by atoms with Gasteiger partial charge in [-0.05, 0) is 55.0 Å². The second-order valence-corrected chi connectivity index (χ2v) is 12.5. The summed E-state index contributed by atoms with van der Waals surface area (Å²) in [4.78, 5) is 13.4. The summed E-state index contributed by atoms with van der Waals surface area (Å²) in [5, 5.41) is 3.15. The fourth-order valence-corrected chi connectivity index (χ4v) is 5.99. The second kappa shape index (κ2) is 9.52. The third kappa shape index (κ3) is 5.29. The van der Waals surface area contributed by atoms with Gasteiger partial charge in [0.1, 0.15) is 5.75 Å². The van der Waals surface area contributed by atoms with Gasteiger partial charge in [0.2, 0.25) is 0 Å². The summed E-state index contributed by atoms with van der Waals surface area (Å²) in [6, 6.07) is 18.2. The standard InChI is InChI=1S/C24H23ClN2O6S2/c1-16(17-8-11-19(12-9-17)34(2,29)30)26-24(28)23-15-27(21-14-18(25)10-13-22(21)33-23)35(31,32)20-6-4-3-5-7-20/h3-14,16,23H,15H2,1-2H3,(H,26,28)/t16-,23+/m0/s1. The minimum Gasteiger partial charge on any atom is -0.476 e. The van der Waals surface area contributed by atoms with Crippen LogP contribution in [0.25, 0.3) is 0 Å². The van der Waals surface area contributed by atoms with Crippen molar-refractivity contribution in [3.63, 3.8) is 0 Å². The summed E-state index contributed by atoms with van der Waals surface area (Å²) < 4.78 is 57.2. The third-order valence-corrected chi connectivity index (χ3v) is 8.74. The first-order valence-electron chi connectivity index (χ1n) is 10.6. The first-order valence-corrected chi connectivity index (χ1v) is 14.3. The van der Waals surface area contributed by atoms with Crippen LogP contribution >= 0.6 is 11.6 Å². The zero-order valence-electron chi connectivity index (χ0n) is 18.9. The van der Waals surface area contributed by atoms with Crippen molar-refractivity contribution in [1.82, 2.24) is 5.32 Å². The number of nitrogens with one attached hydrogen (secondary N) is 1. The average molecular weight is 535 g/mol. The summed E-state index contributed by atoms with van der Waals surface area (Å²) >= 11 is 6.12. The molecule has 8 nitrogen and oxygen atoms in total. The lowest BCUT2D eigenvalue weighted by molar-refractivity contribution is -0.128. The Morgan fingerprint density at radius 1 is 1.00 bits per heavy atom. The van der Waals surface area contributed by atoms with Crippen molar-refractivity contribution in [3.8, 4) is 5.75 Å². The van der Waals surface area contributed by atoms with E-state index in [9.17, 15) is 21.6 Å². The molecular weight excluding hydrogens is 512 g/mol. The van der Waals surface area contributed by atoms with E-state index in [1.165, 1.54) is 36.4 Å². The molecule has 0 unspecified atom stereocenters. The number of benzene rings is 3. The predicted molar refractivity (Wildman–Crippen MR) is 133 cm³/mol. The summed E-state index contributed by atoms with van der Waals surface area (Å²) in [7, 11) is -7.34. The van der Waals surface area contributed by atoms with Crippen LogP contribution < -0.4 is 14.4 Å². The van der Waals surface area contributed by atoms with Crippen LogP contribution in [0, 0.1) is 0 Å². The molecule has 0 saturated carbocycles. The fourth-order valence-electron chi connectivity index (χ4n) is 3.70. The fraction of sp³-hybridized carbons (Fsp3) is 0.208. The SMILES string of the molecule is C[C@H](NC(=O)[C@H]1CN(S(=O)(=O)c2ccccc2)c2cc(Cl)ccc2O1)c1ccc(S(C)(=O)=O)cc1. The number of fused-ring (bicyclic) bond motifs is 1. The lowest BCUT2D eigenvalue weighted by atomic mass is 10.1. The van der Waals surface area contributed by atoms with E-state index in [2.05, 4.69) is 5.32 Å². The maximum atomic E-state index is 13.4. The Morgan fingerprint density at radius 2 is 1.66 bits per heavy atom.